The third-order valence-corrected chi connectivity index (χ3v) is 5.14. The molecule has 1 aromatic carbocycles. The Hall–Kier alpha value is -0.500. The summed E-state index contributed by atoms with van der Waals surface area (Å²) in [5.74, 6) is 1.95. The van der Waals surface area contributed by atoms with Crippen molar-refractivity contribution in [3.8, 4) is 0 Å². The summed E-state index contributed by atoms with van der Waals surface area (Å²) in [6.45, 7) is 2.15. The van der Waals surface area contributed by atoms with Gasteiger partial charge in [-0.05, 0) is 61.8 Å². The minimum Gasteiger partial charge on any atom is -0.382 e. The molecule has 0 aromatic heterocycles. The zero-order chi connectivity index (χ0) is 11.1. The fraction of sp³-hybridized carbons (Fsp3) is 0.571. The van der Waals surface area contributed by atoms with E-state index in [-0.39, 0.29) is 0 Å². The zero-order valence-electron chi connectivity index (χ0n) is 9.67. The van der Waals surface area contributed by atoms with Crippen molar-refractivity contribution < 1.29 is 0 Å². The van der Waals surface area contributed by atoms with Gasteiger partial charge >= 0.3 is 0 Å². The number of aryl methyl sites for hydroxylation is 1. The van der Waals surface area contributed by atoms with Gasteiger partial charge in [-0.15, -0.1) is 0 Å². The van der Waals surface area contributed by atoms with Gasteiger partial charge in [-0.3, -0.25) is 0 Å². The Balaban J connectivity index is 1.72. The predicted molar refractivity (Wildman–Crippen MR) is 71.7 cm³/mol. The van der Waals surface area contributed by atoms with E-state index in [1.807, 2.05) is 0 Å². The van der Waals surface area contributed by atoms with Crippen LogP contribution in [0.4, 0.5) is 5.69 Å². The van der Waals surface area contributed by atoms with Crippen LogP contribution in [0.15, 0.2) is 22.7 Å². The summed E-state index contributed by atoms with van der Waals surface area (Å²) in [7, 11) is 0. The lowest BCUT2D eigenvalue weighted by molar-refractivity contribution is 0.440. The quantitative estimate of drug-likeness (QED) is 0.848. The van der Waals surface area contributed by atoms with E-state index in [1.54, 1.807) is 0 Å². The van der Waals surface area contributed by atoms with Crippen molar-refractivity contribution in [1.82, 2.24) is 0 Å². The van der Waals surface area contributed by atoms with Crippen molar-refractivity contribution in [2.24, 2.45) is 11.8 Å². The Labute approximate surface area is 106 Å². The second-order valence-electron chi connectivity index (χ2n) is 5.39. The van der Waals surface area contributed by atoms with E-state index in [2.05, 4.69) is 46.4 Å². The highest BCUT2D eigenvalue weighted by Gasteiger charge is 2.39. The minimum absolute atomic E-state index is 0.735. The average molecular weight is 280 g/mol. The third kappa shape index (κ3) is 1.88. The molecule has 2 aliphatic carbocycles. The van der Waals surface area contributed by atoms with E-state index in [0.29, 0.717) is 0 Å². The standard InChI is InChI=1S/C14H18BrN/c1-9-6-12(4-5-13(9)15)16-14-8-10-2-3-11(14)7-10/h4-6,10-11,14,16H,2-3,7-8H2,1H3. The van der Waals surface area contributed by atoms with Crippen LogP contribution >= 0.6 is 15.9 Å². The van der Waals surface area contributed by atoms with Crippen LogP contribution in [0.2, 0.25) is 0 Å². The van der Waals surface area contributed by atoms with Gasteiger partial charge in [0.1, 0.15) is 0 Å². The lowest BCUT2D eigenvalue weighted by atomic mass is 9.95. The van der Waals surface area contributed by atoms with Gasteiger partial charge < -0.3 is 5.32 Å². The van der Waals surface area contributed by atoms with Crippen LogP contribution in [-0.4, -0.2) is 6.04 Å². The molecule has 0 amide bonds. The first-order valence-electron chi connectivity index (χ1n) is 6.25. The summed E-state index contributed by atoms with van der Waals surface area (Å²) in [5.41, 5.74) is 2.60. The van der Waals surface area contributed by atoms with E-state index in [4.69, 9.17) is 0 Å². The molecule has 86 valence electrons. The molecule has 3 unspecified atom stereocenters. The molecule has 2 saturated carbocycles. The molecule has 0 aliphatic heterocycles. The summed E-state index contributed by atoms with van der Waals surface area (Å²) in [4.78, 5) is 0. The maximum atomic E-state index is 3.72. The first-order valence-corrected chi connectivity index (χ1v) is 7.04. The molecule has 1 N–H and O–H groups in total. The van der Waals surface area contributed by atoms with Gasteiger partial charge in [0, 0.05) is 16.2 Å². The van der Waals surface area contributed by atoms with Crippen LogP contribution in [0, 0.1) is 18.8 Å². The van der Waals surface area contributed by atoms with Crippen molar-refractivity contribution in [3.05, 3.63) is 28.2 Å². The maximum absolute atomic E-state index is 3.72. The Bertz CT molecular complexity index is 402. The fourth-order valence-electron chi connectivity index (χ4n) is 3.37. The largest absolute Gasteiger partial charge is 0.382 e. The molecule has 2 heteroatoms. The number of rotatable bonds is 2. The minimum atomic E-state index is 0.735. The Morgan fingerprint density at radius 1 is 1.25 bits per heavy atom. The van der Waals surface area contributed by atoms with Crippen molar-refractivity contribution in [2.45, 2.75) is 38.6 Å². The molecule has 0 radical (unpaired) electrons. The summed E-state index contributed by atoms with van der Waals surface area (Å²) in [6, 6.07) is 7.31. The third-order valence-electron chi connectivity index (χ3n) is 4.25. The predicted octanol–water partition coefficient (Wildman–Crippen LogP) is 4.36. The number of benzene rings is 1. The van der Waals surface area contributed by atoms with E-state index in [1.165, 1.54) is 41.4 Å². The zero-order valence-corrected chi connectivity index (χ0v) is 11.3. The first kappa shape index (κ1) is 10.6. The summed E-state index contributed by atoms with van der Waals surface area (Å²) >= 11 is 3.55. The molecule has 2 fully saturated rings. The van der Waals surface area contributed by atoms with Crippen molar-refractivity contribution in [1.29, 1.82) is 0 Å². The Kier molecular flexibility index (Phi) is 2.70. The molecular formula is C14H18BrN. The molecule has 2 bridgehead atoms. The number of hydrogen-bond acceptors (Lipinski definition) is 1. The SMILES string of the molecule is Cc1cc(NC2CC3CCC2C3)ccc1Br. The van der Waals surface area contributed by atoms with E-state index in [0.717, 1.165) is 17.9 Å². The molecule has 3 atom stereocenters. The maximum Gasteiger partial charge on any atom is 0.0345 e. The molecule has 2 aliphatic rings. The smallest absolute Gasteiger partial charge is 0.0345 e. The number of hydrogen-bond donors (Lipinski definition) is 1. The number of anilines is 1. The number of halogens is 1. The number of fused-ring (bicyclic) bond motifs is 2. The van der Waals surface area contributed by atoms with Crippen molar-refractivity contribution in [3.63, 3.8) is 0 Å². The molecular weight excluding hydrogens is 262 g/mol. The molecule has 0 spiro atoms. The normalized spacial score (nSPS) is 32.0. The molecule has 3 rings (SSSR count). The highest BCUT2D eigenvalue weighted by molar-refractivity contribution is 9.10. The van der Waals surface area contributed by atoms with Gasteiger partial charge in [0.25, 0.3) is 0 Å². The van der Waals surface area contributed by atoms with Crippen molar-refractivity contribution >= 4 is 21.6 Å². The molecule has 0 saturated heterocycles. The fourth-order valence-corrected chi connectivity index (χ4v) is 3.62. The van der Waals surface area contributed by atoms with Gasteiger partial charge in [0.15, 0.2) is 0 Å². The van der Waals surface area contributed by atoms with Crippen LogP contribution in [0.5, 0.6) is 0 Å². The highest BCUT2D eigenvalue weighted by Crippen LogP contribution is 2.45. The average Bonchev–Trinajstić information content (AvgIpc) is 2.85. The Morgan fingerprint density at radius 2 is 2.12 bits per heavy atom. The lowest BCUT2D eigenvalue weighted by Gasteiger charge is -2.24. The summed E-state index contributed by atoms with van der Waals surface area (Å²) in [6.07, 6.45) is 5.77. The number of nitrogens with one attached hydrogen (secondary N) is 1. The van der Waals surface area contributed by atoms with Crippen LogP contribution in [0.25, 0.3) is 0 Å². The molecule has 16 heavy (non-hydrogen) atoms. The summed E-state index contributed by atoms with van der Waals surface area (Å²) < 4.78 is 1.20. The second kappa shape index (κ2) is 4.06. The van der Waals surface area contributed by atoms with Crippen LogP contribution in [0.1, 0.15) is 31.2 Å². The molecule has 0 heterocycles. The lowest BCUT2D eigenvalue weighted by Crippen LogP contribution is -2.25. The highest BCUT2D eigenvalue weighted by atomic mass is 79.9. The van der Waals surface area contributed by atoms with Crippen LogP contribution in [0.3, 0.4) is 0 Å². The first-order chi connectivity index (χ1) is 7.72. The monoisotopic (exact) mass is 279 g/mol. The summed E-state index contributed by atoms with van der Waals surface area (Å²) in [5, 5.41) is 3.72. The van der Waals surface area contributed by atoms with E-state index < -0.39 is 0 Å². The van der Waals surface area contributed by atoms with Gasteiger partial charge in [-0.2, -0.15) is 0 Å². The second-order valence-corrected chi connectivity index (χ2v) is 6.24. The molecule has 1 aromatic rings. The Morgan fingerprint density at radius 3 is 2.75 bits per heavy atom. The topological polar surface area (TPSA) is 12.0 Å². The van der Waals surface area contributed by atoms with Crippen molar-refractivity contribution in [2.75, 3.05) is 5.32 Å². The van der Waals surface area contributed by atoms with Crippen LogP contribution < -0.4 is 5.32 Å². The van der Waals surface area contributed by atoms with Gasteiger partial charge in [0.05, 0.1) is 0 Å². The van der Waals surface area contributed by atoms with Gasteiger partial charge in [0.2, 0.25) is 0 Å². The van der Waals surface area contributed by atoms with Gasteiger partial charge in [-0.1, -0.05) is 22.4 Å². The van der Waals surface area contributed by atoms with E-state index >= 15 is 0 Å². The van der Waals surface area contributed by atoms with Crippen LogP contribution in [-0.2, 0) is 0 Å². The van der Waals surface area contributed by atoms with E-state index in [9.17, 15) is 0 Å². The van der Waals surface area contributed by atoms with Gasteiger partial charge in [-0.25, -0.2) is 0 Å². The molecule has 1 nitrogen and oxygen atoms in total.